The van der Waals surface area contributed by atoms with Gasteiger partial charge in [-0.2, -0.15) is 0 Å². The van der Waals surface area contributed by atoms with Gasteiger partial charge in [0.2, 0.25) is 5.91 Å². The topological polar surface area (TPSA) is 41.1 Å². The third kappa shape index (κ3) is 5.45. The Morgan fingerprint density at radius 1 is 1.29 bits per heavy atom. The highest BCUT2D eigenvalue weighted by atomic mass is 32.1. The standard InChI is InChI=1S/C13H18N2OS/c1-3-4-5-12(16)15-13(17)14-11-8-6-10(2)7-9-11/h6-9H,3-5H2,1-2H3,(H2,14,15,16,17). The summed E-state index contributed by atoms with van der Waals surface area (Å²) >= 11 is 5.05. The van der Waals surface area contributed by atoms with Crippen LogP contribution in [-0.4, -0.2) is 11.0 Å². The summed E-state index contributed by atoms with van der Waals surface area (Å²) in [5.41, 5.74) is 2.07. The van der Waals surface area contributed by atoms with Crippen LogP contribution in [0.4, 0.5) is 5.69 Å². The normalized spacial score (nSPS) is 9.76. The number of amides is 1. The van der Waals surface area contributed by atoms with Crippen molar-refractivity contribution in [3.05, 3.63) is 29.8 Å². The molecule has 92 valence electrons. The van der Waals surface area contributed by atoms with Gasteiger partial charge in [-0.05, 0) is 37.7 Å². The van der Waals surface area contributed by atoms with Gasteiger partial charge >= 0.3 is 0 Å². The molecule has 0 aliphatic heterocycles. The lowest BCUT2D eigenvalue weighted by Gasteiger charge is -2.09. The first-order chi connectivity index (χ1) is 8.11. The molecule has 1 rings (SSSR count). The minimum Gasteiger partial charge on any atom is -0.332 e. The molecule has 1 amide bonds. The Morgan fingerprint density at radius 2 is 1.94 bits per heavy atom. The molecule has 2 N–H and O–H groups in total. The molecule has 0 saturated heterocycles. The molecule has 1 aromatic carbocycles. The van der Waals surface area contributed by atoms with E-state index in [2.05, 4.69) is 17.6 Å². The van der Waals surface area contributed by atoms with Crippen molar-refractivity contribution in [1.82, 2.24) is 5.32 Å². The highest BCUT2D eigenvalue weighted by molar-refractivity contribution is 7.80. The first kappa shape index (κ1) is 13.6. The van der Waals surface area contributed by atoms with Crippen LogP contribution in [0.5, 0.6) is 0 Å². The van der Waals surface area contributed by atoms with Crippen molar-refractivity contribution in [2.45, 2.75) is 33.1 Å². The molecule has 0 saturated carbocycles. The summed E-state index contributed by atoms with van der Waals surface area (Å²) in [4.78, 5) is 11.4. The summed E-state index contributed by atoms with van der Waals surface area (Å²) in [7, 11) is 0. The fourth-order valence-corrected chi connectivity index (χ4v) is 1.56. The number of hydrogen-bond acceptors (Lipinski definition) is 2. The summed E-state index contributed by atoms with van der Waals surface area (Å²) in [6.45, 7) is 4.07. The second-order valence-corrected chi connectivity index (χ2v) is 4.38. The number of carbonyl (C=O) groups excluding carboxylic acids is 1. The second-order valence-electron chi connectivity index (χ2n) is 3.97. The maximum Gasteiger partial charge on any atom is 0.226 e. The maximum atomic E-state index is 11.4. The van der Waals surface area contributed by atoms with Crippen molar-refractivity contribution in [2.24, 2.45) is 0 Å². The van der Waals surface area contributed by atoms with E-state index in [0.29, 0.717) is 11.5 Å². The summed E-state index contributed by atoms with van der Waals surface area (Å²) in [6.07, 6.45) is 2.41. The Bertz CT molecular complexity index is 387. The molecule has 0 atom stereocenters. The minimum atomic E-state index is -0.0311. The quantitative estimate of drug-likeness (QED) is 0.807. The first-order valence-electron chi connectivity index (χ1n) is 5.79. The van der Waals surface area contributed by atoms with Gasteiger partial charge in [0, 0.05) is 12.1 Å². The molecular formula is C13H18N2OS. The van der Waals surface area contributed by atoms with Gasteiger partial charge in [0.15, 0.2) is 5.11 Å². The number of benzene rings is 1. The third-order valence-electron chi connectivity index (χ3n) is 2.32. The Kier molecular flexibility index (Phi) is 5.63. The van der Waals surface area contributed by atoms with Crippen LogP contribution in [0.25, 0.3) is 0 Å². The molecule has 0 heterocycles. The smallest absolute Gasteiger partial charge is 0.226 e. The SMILES string of the molecule is CCCCC(=O)NC(=S)Nc1ccc(C)cc1. The molecule has 0 aliphatic carbocycles. The maximum absolute atomic E-state index is 11.4. The van der Waals surface area contributed by atoms with E-state index in [1.807, 2.05) is 31.2 Å². The van der Waals surface area contributed by atoms with Crippen LogP contribution in [0, 0.1) is 6.92 Å². The molecule has 0 bridgehead atoms. The van der Waals surface area contributed by atoms with Gasteiger partial charge in [-0.15, -0.1) is 0 Å². The van der Waals surface area contributed by atoms with Gasteiger partial charge in [0.25, 0.3) is 0 Å². The minimum absolute atomic E-state index is 0.0311. The summed E-state index contributed by atoms with van der Waals surface area (Å²) in [5, 5.41) is 5.99. The number of nitrogens with one attached hydrogen (secondary N) is 2. The molecular weight excluding hydrogens is 232 g/mol. The average molecular weight is 250 g/mol. The summed E-state index contributed by atoms with van der Waals surface area (Å²) < 4.78 is 0. The molecule has 17 heavy (non-hydrogen) atoms. The van der Waals surface area contributed by atoms with Crippen molar-refractivity contribution in [3.63, 3.8) is 0 Å². The van der Waals surface area contributed by atoms with E-state index >= 15 is 0 Å². The lowest BCUT2D eigenvalue weighted by Crippen LogP contribution is -2.33. The van der Waals surface area contributed by atoms with E-state index in [1.54, 1.807) is 0 Å². The van der Waals surface area contributed by atoms with Crippen molar-refractivity contribution < 1.29 is 4.79 Å². The predicted molar refractivity (Wildman–Crippen MR) is 75.1 cm³/mol. The van der Waals surface area contributed by atoms with Gasteiger partial charge < -0.3 is 10.6 Å². The van der Waals surface area contributed by atoms with Crippen LogP contribution in [0.15, 0.2) is 24.3 Å². The van der Waals surface area contributed by atoms with Crippen molar-refractivity contribution in [3.8, 4) is 0 Å². The largest absolute Gasteiger partial charge is 0.332 e. The van der Waals surface area contributed by atoms with E-state index < -0.39 is 0 Å². The van der Waals surface area contributed by atoms with Crippen LogP contribution in [0.1, 0.15) is 31.7 Å². The summed E-state index contributed by atoms with van der Waals surface area (Å²) in [5.74, 6) is -0.0311. The zero-order valence-corrected chi connectivity index (χ0v) is 11.1. The highest BCUT2D eigenvalue weighted by Crippen LogP contribution is 2.08. The second kappa shape index (κ2) is 7.01. The fraction of sp³-hybridized carbons (Fsp3) is 0.385. The Morgan fingerprint density at radius 3 is 2.53 bits per heavy atom. The molecule has 3 nitrogen and oxygen atoms in total. The zero-order chi connectivity index (χ0) is 12.7. The van der Waals surface area contributed by atoms with Crippen LogP contribution in [0.2, 0.25) is 0 Å². The molecule has 0 radical (unpaired) electrons. The number of unbranched alkanes of at least 4 members (excludes halogenated alkanes) is 1. The molecule has 0 spiro atoms. The zero-order valence-electron chi connectivity index (χ0n) is 10.2. The van der Waals surface area contributed by atoms with Crippen molar-refractivity contribution >= 4 is 28.9 Å². The first-order valence-corrected chi connectivity index (χ1v) is 6.20. The number of carbonyl (C=O) groups is 1. The van der Waals surface area contributed by atoms with Crippen molar-refractivity contribution in [1.29, 1.82) is 0 Å². The van der Waals surface area contributed by atoms with Crippen molar-refractivity contribution in [2.75, 3.05) is 5.32 Å². The van der Waals surface area contributed by atoms with Gasteiger partial charge in [-0.1, -0.05) is 31.0 Å². The molecule has 0 unspecified atom stereocenters. The van der Waals surface area contributed by atoms with Crippen LogP contribution < -0.4 is 10.6 Å². The van der Waals surface area contributed by atoms with E-state index in [4.69, 9.17) is 12.2 Å². The number of thiocarbonyl (C=S) groups is 1. The molecule has 0 aliphatic rings. The lowest BCUT2D eigenvalue weighted by atomic mass is 10.2. The number of rotatable bonds is 4. The third-order valence-corrected chi connectivity index (χ3v) is 2.52. The van der Waals surface area contributed by atoms with E-state index in [0.717, 1.165) is 18.5 Å². The lowest BCUT2D eigenvalue weighted by molar-refractivity contribution is -0.119. The Hall–Kier alpha value is -1.42. The molecule has 0 aromatic heterocycles. The Balaban J connectivity index is 2.39. The molecule has 1 aromatic rings. The van der Waals surface area contributed by atoms with Gasteiger partial charge in [-0.3, -0.25) is 4.79 Å². The fourth-order valence-electron chi connectivity index (χ4n) is 1.33. The highest BCUT2D eigenvalue weighted by Gasteiger charge is 2.03. The van der Waals surface area contributed by atoms with Crippen LogP contribution in [0.3, 0.4) is 0 Å². The molecule has 0 fully saturated rings. The van der Waals surface area contributed by atoms with E-state index in [-0.39, 0.29) is 5.91 Å². The van der Waals surface area contributed by atoms with Crippen LogP contribution >= 0.6 is 12.2 Å². The number of aryl methyl sites for hydroxylation is 1. The average Bonchev–Trinajstić information content (AvgIpc) is 2.29. The van der Waals surface area contributed by atoms with E-state index in [1.165, 1.54) is 5.56 Å². The van der Waals surface area contributed by atoms with Gasteiger partial charge in [-0.25, -0.2) is 0 Å². The number of hydrogen-bond donors (Lipinski definition) is 2. The Labute approximate surface area is 108 Å². The monoisotopic (exact) mass is 250 g/mol. The summed E-state index contributed by atoms with van der Waals surface area (Å²) in [6, 6.07) is 7.84. The predicted octanol–water partition coefficient (Wildman–Crippen LogP) is 3.00. The van der Waals surface area contributed by atoms with E-state index in [9.17, 15) is 4.79 Å². The van der Waals surface area contributed by atoms with Crippen LogP contribution in [-0.2, 0) is 4.79 Å². The number of anilines is 1. The van der Waals surface area contributed by atoms with Gasteiger partial charge in [0.05, 0.1) is 0 Å². The molecule has 4 heteroatoms. The van der Waals surface area contributed by atoms with Gasteiger partial charge in [0.1, 0.15) is 0 Å².